The minimum absolute atomic E-state index is 0.175. The van der Waals surface area contributed by atoms with Crippen molar-refractivity contribution in [3.8, 4) is 5.75 Å². The van der Waals surface area contributed by atoms with E-state index in [4.69, 9.17) is 4.74 Å². The van der Waals surface area contributed by atoms with E-state index in [2.05, 4.69) is 36.0 Å². The number of ether oxygens (including phenoxy) is 1. The summed E-state index contributed by atoms with van der Waals surface area (Å²) in [5.74, 6) is 1.92. The lowest BCUT2D eigenvalue weighted by Gasteiger charge is -2.37. The maximum Gasteiger partial charge on any atom is 0.171 e. The van der Waals surface area contributed by atoms with E-state index in [1.807, 2.05) is 18.3 Å². The first-order chi connectivity index (χ1) is 10.2. The SMILES string of the molecule is CCCNCC1CCCCN1c1ncccc1OC(C)C. The molecule has 1 aromatic heterocycles. The summed E-state index contributed by atoms with van der Waals surface area (Å²) in [6, 6.07) is 4.51. The molecule has 0 aromatic carbocycles. The molecule has 21 heavy (non-hydrogen) atoms. The van der Waals surface area contributed by atoms with Crippen molar-refractivity contribution in [1.29, 1.82) is 0 Å². The van der Waals surface area contributed by atoms with Gasteiger partial charge in [-0.3, -0.25) is 0 Å². The van der Waals surface area contributed by atoms with E-state index in [1.54, 1.807) is 0 Å². The molecule has 1 aliphatic heterocycles. The van der Waals surface area contributed by atoms with Gasteiger partial charge in [0.2, 0.25) is 0 Å². The van der Waals surface area contributed by atoms with Crippen LogP contribution in [-0.2, 0) is 0 Å². The fourth-order valence-electron chi connectivity index (χ4n) is 2.88. The second kappa shape index (κ2) is 8.23. The summed E-state index contributed by atoms with van der Waals surface area (Å²) in [4.78, 5) is 7.04. The second-order valence-corrected chi connectivity index (χ2v) is 6.04. The fourth-order valence-corrected chi connectivity index (χ4v) is 2.88. The van der Waals surface area contributed by atoms with Crippen LogP contribution in [0.2, 0.25) is 0 Å². The van der Waals surface area contributed by atoms with Gasteiger partial charge in [0, 0.05) is 25.3 Å². The van der Waals surface area contributed by atoms with Crippen molar-refractivity contribution in [2.45, 2.75) is 58.6 Å². The highest BCUT2D eigenvalue weighted by Gasteiger charge is 2.25. The molecule has 4 nitrogen and oxygen atoms in total. The first-order valence-corrected chi connectivity index (χ1v) is 8.31. The lowest BCUT2D eigenvalue weighted by molar-refractivity contribution is 0.241. The van der Waals surface area contributed by atoms with Crippen molar-refractivity contribution < 1.29 is 4.74 Å². The predicted octanol–water partition coefficient (Wildman–Crippen LogP) is 3.23. The Labute approximate surface area is 128 Å². The second-order valence-electron chi connectivity index (χ2n) is 6.04. The topological polar surface area (TPSA) is 37.4 Å². The summed E-state index contributed by atoms with van der Waals surface area (Å²) in [6.07, 6.45) is 7.00. The highest BCUT2D eigenvalue weighted by atomic mass is 16.5. The molecule has 2 heterocycles. The van der Waals surface area contributed by atoms with Crippen LogP contribution in [-0.4, -0.2) is 36.8 Å². The maximum atomic E-state index is 5.95. The summed E-state index contributed by atoms with van der Waals surface area (Å²) < 4.78 is 5.95. The zero-order chi connectivity index (χ0) is 15.1. The van der Waals surface area contributed by atoms with Crippen LogP contribution in [0.3, 0.4) is 0 Å². The molecular formula is C17H29N3O. The lowest BCUT2D eigenvalue weighted by atomic mass is 10.0. The van der Waals surface area contributed by atoms with Crippen LogP contribution in [0.15, 0.2) is 18.3 Å². The lowest BCUT2D eigenvalue weighted by Crippen LogP contribution is -2.46. The van der Waals surface area contributed by atoms with E-state index in [0.29, 0.717) is 6.04 Å². The van der Waals surface area contributed by atoms with Crippen LogP contribution in [0.1, 0.15) is 46.5 Å². The molecule has 0 saturated carbocycles. The summed E-state index contributed by atoms with van der Waals surface area (Å²) in [7, 11) is 0. The average Bonchev–Trinajstić information content (AvgIpc) is 2.48. The molecule has 0 aliphatic carbocycles. The van der Waals surface area contributed by atoms with Gasteiger partial charge in [0.25, 0.3) is 0 Å². The number of aromatic nitrogens is 1. The molecule has 0 bridgehead atoms. The molecule has 1 unspecified atom stereocenters. The van der Waals surface area contributed by atoms with E-state index < -0.39 is 0 Å². The Balaban J connectivity index is 2.12. The van der Waals surface area contributed by atoms with Crippen molar-refractivity contribution in [1.82, 2.24) is 10.3 Å². The van der Waals surface area contributed by atoms with Gasteiger partial charge < -0.3 is 15.0 Å². The molecule has 1 aromatic rings. The Morgan fingerprint density at radius 3 is 3.05 bits per heavy atom. The van der Waals surface area contributed by atoms with Gasteiger partial charge in [-0.25, -0.2) is 4.98 Å². The third-order valence-electron chi connectivity index (χ3n) is 3.82. The van der Waals surface area contributed by atoms with Crippen LogP contribution in [0.4, 0.5) is 5.82 Å². The number of nitrogens with zero attached hydrogens (tertiary/aromatic N) is 2. The number of hydrogen-bond acceptors (Lipinski definition) is 4. The predicted molar refractivity (Wildman–Crippen MR) is 88.1 cm³/mol. The van der Waals surface area contributed by atoms with Gasteiger partial charge >= 0.3 is 0 Å². The van der Waals surface area contributed by atoms with Gasteiger partial charge in [-0.05, 0) is 58.2 Å². The van der Waals surface area contributed by atoms with Gasteiger partial charge in [0.1, 0.15) is 0 Å². The van der Waals surface area contributed by atoms with Crippen molar-refractivity contribution in [2.24, 2.45) is 0 Å². The number of rotatable bonds is 7. The van der Waals surface area contributed by atoms with Crippen molar-refractivity contribution >= 4 is 5.82 Å². The van der Waals surface area contributed by atoms with E-state index >= 15 is 0 Å². The molecular weight excluding hydrogens is 262 g/mol. The number of nitrogens with one attached hydrogen (secondary N) is 1. The molecule has 0 spiro atoms. The number of piperidine rings is 1. The highest BCUT2D eigenvalue weighted by Crippen LogP contribution is 2.31. The number of pyridine rings is 1. The van der Waals surface area contributed by atoms with Crippen molar-refractivity contribution in [3.05, 3.63) is 18.3 Å². The number of anilines is 1. The quantitative estimate of drug-likeness (QED) is 0.783. The third-order valence-corrected chi connectivity index (χ3v) is 3.82. The molecule has 118 valence electrons. The van der Waals surface area contributed by atoms with Crippen LogP contribution >= 0.6 is 0 Å². The zero-order valence-electron chi connectivity index (χ0n) is 13.6. The van der Waals surface area contributed by atoms with Gasteiger partial charge in [-0.2, -0.15) is 0 Å². The average molecular weight is 291 g/mol. The Morgan fingerprint density at radius 2 is 2.29 bits per heavy atom. The van der Waals surface area contributed by atoms with Gasteiger partial charge in [0.15, 0.2) is 11.6 Å². The molecule has 2 rings (SSSR count). The smallest absolute Gasteiger partial charge is 0.171 e. The van der Waals surface area contributed by atoms with Crippen LogP contribution < -0.4 is 15.0 Å². The number of hydrogen-bond donors (Lipinski definition) is 1. The molecule has 4 heteroatoms. The van der Waals surface area contributed by atoms with E-state index in [-0.39, 0.29) is 6.10 Å². The Morgan fingerprint density at radius 1 is 1.43 bits per heavy atom. The molecule has 1 fully saturated rings. The first kappa shape index (κ1) is 16.1. The standard InChI is InChI=1S/C17H29N3O/c1-4-10-18-13-15-8-5-6-12-20(15)17-16(21-14(2)3)9-7-11-19-17/h7,9,11,14-15,18H,4-6,8,10,12-13H2,1-3H3. The minimum Gasteiger partial charge on any atom is -0.487 e. The third kappa shape index (κ3) is 4.60. The Bertz CT molecular complexity index is 422. The van der Waals surface area contributed by atoms with Crippen molar-refractivity contribution in [2.75, 3.05) is 24.5 Å². The van der Waals surface area contributed by atoms with E-state index in [1.165, 1.54) is 25.7 Å². The highest BCUT2D eigenvalue weighted by molar-refractivity contribution is 5.53. The molecule has 1 atom stereocenters. The zero-order valence-corrected chi connectivity index (χ0v) is 13.6. The van der Waals surface area contributed by atoms with Gasteiger partial charge in [0.05, 0.1) is 6.10 Å². The maximum absolute atomic E-state index is 5.95. The largest absolute Gasteiger partial charge is 0.487 e. The summed E-state index contributed by atoms with van der Waals surface area (Å²) in [5.41, 5.74) is 0. The fraction of sp³-hybridized carbons (Fsp3) is 0.706. The monoisotopic (exact) mass is 291 g/mol. The first-order valence-electron chi connectivity index (χ1n) is 8.31. The summed E-state index contributed by atoms with van der Waals surface area (Å²) in [6.45, 7) is 9.52. The molecule has 0 amide bonds. The van der Waals surface area contributed by atoms with E-state index in [0.717, 1.165) is 31.2 Å². The van der Waals surface area contributed by atoms with Crippen LogP contribution in [0.5, 0.6) is 5.75 Å². The van der Waals surface area contributed by atoms with Crippen LogP contribution in [0, 0.1) is 0 Å². The van der Waals surface area contributed by atoms with E-state index in [9.17, 15) is 0 Å². The van der Waals surface area contributed by atoms with Crippen LogP contribution in [0.25, 0.3) is 0 Å². The molecule has 1 saturated heterocycles. The summed E-state index contributed by atoms with van der Waals surface area (Å²) >= 11 is 0. The normalized spacial score (nSPS) is 19.0. The molecule has 1 N–H and O–H groups in total. The minimum atomic E-state index is 0.175. The van der Waals surface area contributed by atoms with Crippen molar-refractivity contribution in [3.63, 3.8) is 0 Å². The molecule has 1 aliphatic rings. The van der Waals surface area contributed by atoms with Gasteiger partial charge in [-0.15, -0.1) is 0 Å². The Kier molecular flexibility index (Phi) is 6.30. The Hall–Kier alpha value is -1.29. The molecule has 0 radical (unpaired) electrons. The van der Waals surface area contributed by atoms with Gasteiger partial charge in [-0.1, -0.05) is 6.92 Å². The summed E-state index contributed by atoms with van der Waals surface area (Å²) in [5, 5.41) is 3.55.